The Kier molecular flexibility index (Phi) is 7.41. The number of allylic oxidation sites excluding steroid dienone is 2. The van der Waals surface area contributed by atoms with Crippen molar-refractivity contribution in [2.75, 3.05) is 0 Å². The molecule has 0 spiro atoms. The van der Waals surface area contributed by atoms with Crippen LogP contribution in [0.5, 0.6) is 0 Å². The summed E-state index contributed by atoms with van der Waals surface area (Å²) >= 11 is 0. The molecule has 1 heteroatoms. The molecular formula is C18H32O. The van der Waals surface area contributed by atoms with Crippen LogP contribution in [-0.2, 0) is 4.79 Å². The van der Waals surface area contributed by atoms with E-state index in [2.05, 4.69) is 20.8 Å². The Bertz CT molecular complexity index is 299. The van der Waals surface area contributed by atoms with Gasteiger partial charge in [0, 0.05) is 6.42 Å². The molecule has 0 aliphatic heterocycles. The molecule has 0 radical (unpaired) electrons. The van der Waals surface area contributed by atoms with Crippen LogP contribution in [0.3, 0.4) is 0 Å². The van der Waals surface area contributed by atoms with E-state index < -0.39 is 0 Å². The average Bonchev–Trinajstić information content (AvgIpc) is 2.35. The van der Waals surface area contributed by atoms with Crippen LogP contribution in [0.25, 0.3) is 0 Å². The second-order valence-electron chi connectivity index (χ2n) is 6.82. The molecule has 0 amide bonds. The summed E-state index contributed by atoms with van der Waals surface area (Å²) < 4.78 is 0. The van der Waals surface area contributed by atoms with Crippen molar-refractivity contribution in [2.45, 2.75) is 91.4 Å². The largest absolute Gasteiger partial charge is 0.303 e. The lowest BCUT2D eigenvalue weighted by Gasteiger charge is -2.34. The van der Waals surface area contributed by atoms with Crippen molar-refractivity contribution >= 4 is 6.29 Å². The van der Waals surface area contributed by atoms with Crippen molar-refractivity contribution in [3.05, 3.63) is 11.1 Å². The normalized spacial score (nSPS) is 18.7. The molecule has 0 aromatic carbocycles. The highest BCUT2D eigenvalue weighted by Gasteiger charge is 2.27. The molecule has 110 valence electrons. The molecule has 1 nitrogen and oxygen atoms in total. The van der Waals surface area contributed by atoms with E-state index in [4.69, 9.17) is 0 Å². The maximum atomic E-state index is 10.2. The molecule has 0 N–H and O–H groups in total. The number of hydrogen-bond acceptors (Lipinski definition) is 1. The molecule has 19 heavy (non-hydrogen) atoms. The number of carbonyl (C=O) groups is 1. The molecule has 0 aromatic rings. The predicted molar refractivity (Wildman–Crippen MR) is 83.3 cm³/mol. The van der Waals surface area contributed by atoms with Gasteiger partial charge in [-0.05, 0) is 50.9 Å². The zero-order chi connectivity index (χ0) is 14.1. The van der Waals surface area contributed by atoms with Gasteiger partial charge in [-0.25, -0.2) is 0 Å². The van der Waals surface area contributed by atoms with E-state index in [1.165, 1.54) is 57.8 Å². The summed E-state index contributed by atoms with van der Waals surface area (Å²) in [6, 6.07) is 0. The van der Waals surface area contributed by atoms with Crippen LogP contribution >= 0.6 is 0 Å². The van der Waals surface area contributed by atoms with Gasteiger partial charge >= 0.3 is 0 Å². The van der Waals surface area contributed by atoms with Crippen molar-refractivity contribution in [3.63, 3.8) is 0 Å². The second-order valence-corrected chi connectivity index (χ2v) is 6.82. The Morgan fingerprint density at radius 3 is 2.32 bits per heavy atom. The van der Waals surface area contributed by atoms with E-state index in [0.717, 1.165) is 19.1 Å². The van der Waals surface area contributed by atoms with Crippen molar-refractivity contribution in [3.8, 4) is 0 Å². The van der Waals surface area contributed by atoms with Gasteiger partial charge < -0.3 is 4.79 Å². The summed E-state index contributed by atoms with van der Waals surface area (Å²) in [5, 5.41) is 0. The summed E-state index contributed by atoms with van der Waals surface area (Å²) in [6.45, 7) is 7.19. The Hall–Kier alpha value is -0.590. The summed E-state index contributed by atoms with van der Waals surface area (Å²) in [6.07, 6.45) is 14.8. The summed E-state index contributed by atoms with van der Waals surface area (Å²) in [5.41, 5.74) is 3.87. The molecule has 0 saturated heterocycles. The topological polar surface area (TPSA) is 17.1 Å². The maximum absolute atomic E-state index is 10.2. The molecule has 0 atom stereocenters. The summed E-state index contributed by atoms with van der Waals surface area (Å²) in [7, 11) is 0. The van der Waals surface area contributed by atoms with Crippen LogP contribution in [0.1, 0.15) is 91.4 Å². The molecule has 0 fully saturated rings. The molecule has 0 saturated carbocycles. The lowest BCUT2D eigenvalue weighted by atomic mass is 9.71. The van der Waals surface area contributed by atoms with Gasteiger partial charge in [-0.1, -0.05) is 50.7 Å². The highest BCUT2D eigenvalue weighted by Crippen LogP contribution is 2.42. The minimum Gasteiger partial charge on any atom is -0.303 e. The first kappa shape index (κ1) is 16.5. The highest BCUT2D eigenvalue weighted by atomic mass is 16.1. The van der Waals surface area contributed by atoms with E-state index in [9.17, 15) is 4.79 Å². The fourth-order valence-electron chi connectivity index (χ4n) is 3.46. The molecular weight excluding hydrogens is 232 g/mol. The van der Waals surface area contributed by atoms with E-state index in [0.29, 0.717) is 5.41 Å². The molecule has 0 aromatic heterocycles. The van der Waals surface area contributed by atoms with Crippen LogP contribution in [0, 0.1) is 5.41 Å². The minimum absolute atomic E-state index is 0.451. The molecule has 0 heterocycles. The van der Waals surface area contributed by atoms with E-state index in [1.54, 1.807) is 11.1 Å². The zero-order valence-electron chi connectivity index (χ0n) is 13.3. The van der Waals surface area contributed by atoms with Gasteiger partial charge in [0.05, 0.1) is 0 Å². The maximum Gasteiger partial charge on any atom is 0.119 e. The first-order valence-electron chi connectivity index (χ1n) is 8.20. The first-order chi connectivity index (χ1) is 9.08. The molecule has 1 rings (SSSR count). The fraction of sp³-hybridized carbons (Fsp3) is 0.833. The van der Waals surface area contributed by atoms with Crippen LogP contribution in [0.15, 0.2) is 11.1 Å². The van der Waals surface area contributed by atoms with Crippen LogP contribution < -0.4 is 0 Å². The molecule has 1 aliphatic rings. The van der Waals surface area contributed by atoms with Gasteiger partial charge in [0.25, 0.3) is 0 Å². The number of aldehydes is 1. The van der Waals surface area contributed by atoms with Gasteiger partial charge in [0.15, 0.2) is 0 Å². The minimum atomic E-state index is 0.451. The third-order valence-corrected chi connectivity index (χ3v) is 4.68. The van der Waals surface area contributed by atoms with Crippen LogP contribution in [-0.4, -0.2) is 6.29 Å². The van der Waals surface area contributed by atoms with E-state index >= 15 is 0 Å². The number of hydrogen-bond donors (Lipinski definition) is 0. The van der Waals surface area contributed by atoms with E-state index in [-0.39, 0.29) is 0 Å². The second kappa shape index (κ2) is 8.55. The van der Waals surface area contributed by atoms with Gasteiger partial charge in [0.2, 0.25) is 0 Å². The number of unbranched alkanes of at least 4 members (excludes halogenated alkanes) is 6. The fourth-order valence-corrected chi connectivity index (χ4v) is 3.46. The number of carbonyl (C=O) groups excluding carboxylic acids is 1. The number of rotatable bonds is 9. The zero-order valence-corrected chi connectivity index (χ0v) is 13.3. The van der Waals surface area contributed by atoms with Crippen molar-refractivity contribution in [1.29, 1.82) is 0 Å². The Morgan fingerprint density at radius 2 is 1.68 bits per heavy atom. The predicted octanol–water partition coefficient (Wildman–Crippen LogP) is 5.83. The van der Waals surface area contributed by atoms with Gasteiger partial charge in [-0.3, -0.25) is 0 Å². The van der Waals surface area contributed by atoms with Gasteiger partial charge in [-0.15, -0.1) is 0 Å². The van der Waals surface area contributed by atoms with Gasteiger partial charge in [-0.2, -0.15) is 0 Å². The third-order valence-electron chi connectivity index (χ3n) is 4.68. The van der Waals surface area contributed by atoms with Crippen molar-refractivity contribution in [2.24, 2.45) is 5.41 Å². The van der Waals surface area contributed by atoms with Gasteiger partial charge in [0.1, 0.15) is 6.29 Å². The smallest absolute Gasteiger partial charge is 0.119 e. The summed E-state index contributed by atoms with van der Waals surface area (Å²) in [4.78, 5) is 10.2. The van der Waals surface area contributed by atoms with Crippen molar-refractivity contribution in [1.82, 2.24) is 0 Å². The Labute approximate surface area is 119 Å². The Balaban J connectivity index is 2.16. The SMILES string of the molecule is CC1=C(CCCCCCCCC=O)C(C)(C)CCC1. The molecule has 0 bridgehead atoms. The lowest BCUT2D eigenvalue weighted by Crippen LogP contribution is -2.20. The average molecular weight is 264 g/mol. The standard InChI is InChI=1S/C18H32O/c1-16-12-11-14-18(2,3)17(16)13-9-7-5-4-6-8-10-15-19/h15H,4-14H2,1-3H3. The molecule has 1 aliphatic carbocycles. The monoisotopic (exact) mass is 264 g/mol. The Morgan fingerprint density at radius 1 is 1.05 bits per heavy atom. The highest BCUT2D eigenvalue weighted by molar-refractivity contribution is 5.48. The first-order valence-corrected chi connectivity index (χ1v) is 8.20. The molecule has 0 unspecified atom stereocenters. The quantitative estimate of drug-likeness (QED) is 0.291. The summed E-state index contributed by atoms with van der Waals surface area (Å²) in [5.74, 6) is 0. The van der Waals surface area contributed by atoms with Crippen LogP contribution in [0.2, 0.25) is 0 Å². The van der Waals surface area contributed by atoms with Crippen LogP contribution in [0.4, 0.5) is 0 Å². The van der Waals surface area contributed by atoms with Crippen molar-refractivity contribution < 1.29 is 4.79 Å². The van der Waals surface area contributed by atoms with E-state index in [1.807, 2.05) is 0 Å². The third kappa shape index (κ3) is 5.93. The lowest BCUT2D eigenvalue weighted by molar-refractivity contribution is -0.107.